The third-order valence-electron chi connectivity index (χ3n) is 3.63. The normalized spacial score (nSPS) is 10.6. The first-order valence-corrected chi connectivity index (χ1v) is 9.07. The van der Waals surface area contributed by atoms with Crippen LogP contribution in [-0.4, -0.2) is 38.4 Å². The number of hydrogen-bond acceptors (Lipinski definition) is 5. The van der Waals surface area contributed by atoms with Crippen LogP contribution in [0.3, 0.4) is 0 Å². The molecular weight excluding hydrogens is 334 g/mol. The molecule has 0 atom stereocenters. The van der Waals surface area contributed by atoms with Crippen LogP contribution in [0.5, 0.6) is 0 Å². The summed E-state index contributed by atoms with van der Waals surface area (Å²) in [6, 6.07) is 18.1. The zero-order chi connectivity index (χ0) is 17.3. The van der Waals surface area contributed by atoms with Crippen molar-refractivity contribution >= 4 is 17.7 Å². The lowest BCUT2D eigenvalue weighted by atomic mass is 10.1. The van der Waals surface area contributed by atoms with Gasteiger partial charge >= 0.3 is 0 Å². The number of nitrogens with zero attached hydrogens (tertiary/aromatic N) is 4. The van der Waals surface area contributed by atoms with E-state index in [2.05, 4.69) is 33.0 Å². The number of tetrazole rings is 1. The van der Waals surface area contributed by atoms with E-state index >= 15 is 0 Å². The molecule has 0 radical (unpaired) electrons. The first-order chi connectivity index (χ1) is 12.3. The summed E-state index contributed by atoms with van der Waals surface area (Å²) in [6.45, 7) is 0.677. The van der Waals surface area contributed by atoms with Crippen molar-refractivity contribution in [3.63, 3.8) is 0 Å². The molecule has 0 aliphatic rings. The summed E-state index contributed by atoms with van der Waals surface area (Å²) >= 11 is 1.74. The molecule has 128 valence electrons. The highest BCUT2D eigenvalue weighted by Gasteiger charge is 2.03. The lowest BCUT2D eigenvalue weighted by molar-refractivity contribution is -0.120. The van der Waals surface area contributed by atoms with Crippen molar-refractivity contribution in [1.82, 2.24) is 25.5 Å². The molecule has 0 fully saturated rings. The van der Waals surface area contributed by atoms with Crippen molar-refractivity contribution < 1.29 is 4.79 Å². The molecule has 0 aliphatic carbocycles. The van der Waals surface area contributed by atoms with Gasteiger partial charge in [-0.25, -0.2) is 4.68 Å². The molecule has 2 aromatic carbocycles. The van der Waals surface area contributed by atoms with Gasteiger partial charge in [0.25, 0.3) is 0 Å². The van der Waals surface area contributed by atoms with Gasteiger partial charge in [-0.05, 0) is 46.7 Å². The van der Waals surface area contributed by atoms with E-state index in [1.54, 1.807) is 22.8 Å². The Morgan fingerprint density at radius 2 is 1.88 bits per heavy atom. The minimum Gasteiger partial charge on any atom is -0.355 e. The maximum absolute atomic E-state index is 11.9. The molecule has 1 heterocycles. The summed E-state index contributed by atoms with van der Waals surface area (Å²) in [5.74, 6) is 0.953. The van der Waals surface area contributed by atoms with Crippen molar-refractivity contribution in [1.29, 1.82) is 0 Å². The Labute approximate surface area is 150 Å². The number of carbonyl (C=O) groups excluding carboxylic acids is 1. The number of aromatic nitrogens is 4. The third-order valence-corrected chi connectivity index (χ3v) is 4.64. The fraction of sp³-hybridized carbons (Fsp3) is 0.222. The molecule has 0 unspecified atom stereocenters. The maximum Gasteiger partial charge on any atom is 0.220 e. The Balaban J connectivity index is 1.36. The number of rotatable bonds is 8. The van der Waals surface area contributed by atoms with Crippen LogP contribution in [0.25, 0.3) is 5.69 Å². The van der Waals surface area contributed by atoms with Crippen LogP contribution in [0, 0.1) is 0 Å². The van der Waals surface area contributed by atoms with Gasteiger partial charge in [-0.1, -0.05) is 30.3 Å². The summed E-state index contributed by atoms with van der Waals surface area (Å²) in [7, 11) is 0. The minimum atomic E-state index is 0.0817. The molecule has 7 heteroatoms. The average Bonchev–Trinajstić information content (AvgIpc) is 3.20. The van der Waals surface area contributed by atoms with Crippen LogP contribution in [0.15, 0.2) is 65.8 Å². The molecule has 1 N–H and O–H groups in total. The summed E-state index contributed by atoms with van der Waals surface area (Å²) in [5, 5.41) is 14.0. The second kappa shape index (κ2) is 8.98. The molecule has 25 heavy (non-hydrogen) atoms. The highest BCUT2D eigenvalue weighted by atomic mass is 32.2. The first kappa shape index (κ1) is 17.2. The van der Waals surface area contributed by atoms with Crippen molar-refractivity contribution in [2.45, 2.75) is 17.7 Å². The highest BCUT2D eigenvalue weighted by molar-refractivity contribution is 7.99. The van der Waals surface area contributed by atoms with E-state index < -0.39 is 0 Å². The second-order valence-electron chi connectivity index (χ2n) is 5.43. The molecule has 3 rings (SSSR count). The largest absolute Gasteiger partial charge is 0.355 e. The standard InChI is InChI=1S/C18H19N5OS/c24-18(19-12-13-25-17-4-2-1-3-5-17)11-8-15-6-9-16(10-7-15)23-14-20-21-22-23/h1-7,9-10,14H,8,11-13H2,(H,19,24). The van der Waals surface area contributed by atoms with Crippen molar-refractivity contribution in [2.24, 2.45) is 0 Å². The minimum absolute atomic E-state index is 0.0817. The van der Waals surface area contributed by atoms with Crippen LogP contribution in [0.1, 0.15) is 12.0 Å². The first-order valence-electron chi connectivity index (χ1n) is 8.08. The van der Waals surface area contributed by atoms with Gasteiger partial charge in [0.2, 0.25) is 5.91 Å². The molecule has 1 amide bonds. The van der Waals surface area contributed by atoms with E-state index in [4.69, 9.17) is 0 Å². The van der Waals surface area contributed by atoms with Gasteiger partial charge in [0.15, 0.2) is 0 Å². The van der Waals surface area contributed by atoms with E-state index in [1.807, 2.05) is 42.5 Å². The predicted octanol–water partition coefficient (Wildman–Crippen LogP) is 2.50. The van der Waals surface area contributed by atoms with Crippen LogP contribution in [0.4, 0.5) is 0 Å². The van der Waals surface area contributed by atoms with E-state index in [9.17, 15) is 4.79 Å². The van der Waals surface area contributed by atoms with Gasteiger partial charge in [0, 0.05) is 23.6 Å². The average molecular weight is 353 g/mol. The Bertz CT molecular complexity index is 775. The van der Waals surface area contributed by atoms with Gasteiger partial charge in [-0.3, -0.25) is 4.79 Å². The predicted molar refractivity (Wildman–Crippen MR) is 97.7 cm³/mol. The number of carbonyl (C=O) groups is 1. The summed E-state index contributed by atoms with van der Waals surface area (Å²) in [4.78, 5) is 13.2. The Kier molecular flexibility index (Phi) is 6.17. The lowest BCUT2D eigenvalue weighted by Crippen LogP contribution is -2.25. The van der Waals surface area contributed by atoms with Gasteiger partial charge in [-0.15, -0.1) is 16.9 Å². The number of amides is 1. The van der Waals surface area contributed by atoms with E-state index in [0.717, 1.165) is 17.0 Å². The molecule has 0 saturated heterocycles. The monoisotopic (exact) mass is 353 g/mol. The van der Waals surface area contributed by atoms with Crippen LogP contribution < -0.4 is 5.32 Å². The van der Waals surface area contributed by atoms with Crippen LogP contribution in [0.2, 0.25) is 0 Å². The van der Waals surface area contributed by atoms with Gasteiger partial charge < -0.3 is 5.32 Å². The zero-order valence-corrected chi connectivity index (χ0v) is 14.5. The summed E-state index contributed by atoms with van der Waals surface area (Å²) in [5.41, 5.74) is 2.02. The Hall–Kier alpha value is -2.67. The number of hydrogen-bond donors (Lipinski definition) is 1. The second-order valence-corrected chi connectivity index (χ2v) is 6.60. The number of benzene rings is 2. The van der Waals surface area contributed by atoms with Gasteiger partial charge in [0.1, 0.15) is 6.33 Å². The molecular formula is C18H19N5OS. The zero-order valence-electron chi connectivity index (χ0n) is 13.7. The summed E-state index contributed by atoms with van der Waals surface area (Å²) in [6.07, 6.45) is 2.75. The van der Waals surface area contributed by atoms with E-state index in [-0.39, 0.29) is 5.91 Å². The van der Waals surface area contributed by atoms with Crippen molar-refractivity contribution in [3.05, 3.63) is 66.5 Å². The molecule has 6 nitrogen and oxygen atoms in total. The van der Waals surface area contributed by atoms with Crippen molar-refractivity contribution in [2.75, 3.05) is 12.3 Å². The van der Waals surface area contributed by atoms with E-state index in [0.29, 0.717) is 19.4 Å². The van der Waals surface area contributed by atoms with Gasteiger partial charge in [-0.2, -0.15) is 0 Å². The Morgan fingerprint density at radius 1 is 1.08 bits per heavy atom. The molecule has 0 spiro atoms. The number of aryl methyl sites for hydroxylation is 1. The smallest absolute Gasteiger partial charge is 0.220 e. The Morgan fingerprint density at radius 3 is 2.60 bits per heavy atom. The third kappa shape index (κ3) is 5.42. The number of thioether (sulfide) groups is 1. The maximum atomic E-state index is 11.9. The van der Waals surface area contributed by atoms with E-state index in [1.165, 1.54) is 4.90 Å². The molecule has 0 bridgehead atoms. The SMILES string of the molecule is O=C(CCc1ccc(-n2cnnn2)cc1)NCCSc1ccccc1. The van der Waals surface area contributed by atoms with Crippen molar-refractivity contribution in [3.8, 4) is 5.69 Å². The summed E-state index contributed by atoms with van der Waals surface area (Å²) < 4.78 is 1.60. The molecule has 3 aromatic rings. The fourth-order valence-corrected chi connectivity index (χ4v) is 3.11. The lowest BCUT2D eigenvalue weighted by Gasteiger charge is -2.06. The molecule has 0 aliphatic heterocycles. The topological polar surface area (TPSA) is 72.7 Å². The highest BCUT2D eigenvalue weighted by Crippen LogP contribution is 2.15. The quantitative estimate of drug-likeness (QED) is 0.498. The van der Waals surface area contributed by atoms with Gasteiger partial charge in [0.05, 0.1) is 5.69 Å². The molecule has 0 saturated carbocycles. The van der Waals surface area contributed by atoms with Crippen LogP contribution in [-0.2, 0) is 11.2 Å². The number of nitrogens with one attached hydrogen (secondary N) is 1. The van der Waals surface area contributed by atoms with Crippen LogP contribution >= 0.6 is 11.8 Å². The molecule has 1 aromatic heterocycles. The fourth-order valence-electron chi connectivity index (χ4n) is 2.32.